The molecule has 3 N–H and O–H groups in total. The summed E-state index contributed by atoms with van der Waals surface area (Å²) in [6, 6.07) is -0.0730. The van der Waals surface area contributed by atoms with E-state index < -0.39 is 11.4 Å². The molecular weight excluding hydrogens is 198 g/mol. The maximum Gasteiger partial charge on any atom is 0.319 e. The van der Waals surface area contributed by atoms with Gasteiger partial charge in [-0.1, -0.05) is 24.4 Å². The molecule has 0 spiro atoms. The first-order valence-electron chi connectivity index (χ1n) is 4.98. The Morgan fingerprint density at radius 3 is 2.47 bits per heavy atom. The van der Waals surface area contributed by atoms with Crippen molar-refractivity contribution >= 4 is 12.0 Å². The summed E-state index contributed by atoms with van der Waals surface area (Å²) in [7, 11) is 0. The standard InChI is InChI=1S/C9H13N3O3/c10-8-12-11-6(15-8)9(7(13)14)4-2-1-3-5-9/h1-5H2,(H2,10,12)(H,13,14). The number of anilines is 1. The summed E-state index contributed by atoms with van der Waals surface area (Å²) in [6.45, 7) is 0. The molecule has 0 radical (unpaired) electrons. The van der Waals surface area contributed by atoms with Gasteiger partial charge in [0.2, 0.25) is 5.89 Å². The van der Waals surface area contributed by atoms with Gasteiger partial charge in [-0.2, -0.15) is 0 Å². The maximum atomic E-state index is 11.3. The number of carboxylic acid groups (broad SMARTS) is 1. The van der Waals surface area contributed by atoms with Gasteiger partial charge in [0.1, 0.15) is 5.41 Å². The van der Waals surface area contributed by atoms with Gasteiger partial charge >= 0.3 is 12.0 Å². The molecule has 82 valence electrons. The molecule has 0 aromatic carbocycles. The van der Waals surface area contributed by atoms with Crippen molar-refractivity contribution in [1.82, 2.24) is 10.2 Å². The second-order valence-corrected chi connectivity index (χ2v) is 3.89. The van der Waals surface area contributed by atoms with Crippen LogP contribution < -0.4 is 5.73 Å². The van der Waals surface area contributed by atoms with E-state index >= 15 is 0 Å². The first-order valence-corrected chi connectivity index (χ1v) is 4.98. The normalized spacial score (nSPS) is 20.0. The van der Waals surface area contributed by atoms with Crippen molar-refractivity contribution < 1.29 is 14.3 Å². The van der Waals surface area contributed by atoms with Gasteiger partial charge in [0, 0.05) is 0 Å². The van der Waals surface area contributed by atoms with E-state index in [0.29, 0.717) is 12.8 Å². The lowest BCUT2D eigenvalue weighted by molar-refractivity contribution is -0.146. The van der Waals surface area contributed by atoms with Crippen molar-refractivity contribution in [1.29, 1.82) is 0 Å². The molecular formula is C9H13N3O3. The Morgan fingerprint density at radius 2 is 2.00 bits per heavy atom. The van der Waals surface area contributed by atoms with E-state index in [-0.39, 0.29) is 11.9 Å². The van der Waals surface area contributed by atoms with Gasteiger partial charge in [0.15, 0.2) is 0 Å². The number of nitrogens with zero attached hydrogens (tertiary/aromatic N) is 2. The molecule has 1 aliphatic carbocycles. The Morgan fingerprint density at radius 1 is 1.33 bits per heavy atom. The van der Waals surface area contributed by atoms with Gasteiger partial charge in [-0.15, -0.1) is 5.10 Å². The number of nitrogens with two attached hydrogens (primary N) is 1. The van der Waals surface area contributed by atoms with Crippen molar-refractivity contribution in [3.8, 4) is 0 Å². The highest BCUT2D eigenvalue weighted by molar-refractivity contribution is 5.80. The van der Waals surface area contributed by atoms with Crippen molar-refractivity contribution in [3.05, 3.63) is 5.89 Å². The van der Waals surface area contributed by atoms with Crippen LogP contribution >= 0.6 is 0 Å². The number of nitrogen functional groups attached to an aromatic ring is 1. The predicted octanol–water partition coefficient (Wildman–Crippen LogP) is 0.938. The zero-order valence-corrected chi connectivity index (χ0v) is 8.27. The molecule has 6 nitrogen and oxygen atoms in total. The van der Waals surface area contributed by atoms with Gasteiger partial charge in [0.25, 0.3) is 0 Å². The van der Waals surface area contributed by atoms with Crippen LogP contribution in [0.2, 0.25) is 0 Å². The zero-order chi connectivity index (χ0) is 10.9. The van der Waals surface area contributed by atoms with Crippen LogP contribution in [0.15, 0.2) is 4.42 Å². The van der Waals surface area contributed by atoms with Gasteiger partial charge < -0.3 is 15.3 Å². The van der Waals surface area contributed by atoms with E-state index in [1.807, 2.05) is 0 Å². The van der Waals surface area contributed by atoms with E-state index in [1.54, 1.807) is 0 Å². The summed E-state index contributed by atoms with van der Waals surface area (Å²) >= 11 is 0. The summed E-state index contributed by atoms with van der Waals surface area (Å²) < 4.78 is 5.06. The highest BCUT2D eigenvalue weighted by atomic mass is 16.4. The highest BCUT2D eigenvalue weighted by Gasteiger charge is 2.46. The molecule has 1 heterocycles. The van der Waals surface area contributed by atoms with Crippen LogP contribution in [0.3, 0.4) is 0 Å². The average Bonchev–Trinajstić information content (AvgIpc) is 2.66. The van der Waals surface area contributed by atoms with E-state index in [0.717, 1.165) is 19.3 Å². The van der Waals surface area contributed by atoms with E-state index in [1.165, 1.54) is 0 Å². The van der Waals surface area contributed by atoms with E-state index in [2.05, 4.69) is 10.2 Å². The van der Waals surface area contributed by atoms with Gasteiger partial charge in [-0.05, 0) is 12.8 Å². The van der Waals surface area contributed by atoms with Crippen molar-refractivity contribution in [3.63, 3.8) is 0 Å². The molecule has 6 heteroatoms. The van der Waals surface area contributed by atoms with Crippen LogP contribution in [0.1, 0.15) is 38.0 Å². The minimum atomic E-state index is -1.01. The summed E-state index contributed by atoms with van der Waals surface area (Å²) in [4.78, 5) is 11.3. The molecule has 0 unspecified atom stereocenters. The lowest BCUT2D eigenvalue weighted by Crippen LogP contribution is -2.38. The first-order chi connectivity index (χ1) is 7.15. The van der Waals surface area contributed by atoms with Gasteiger partial charge in [-0.25, -0.2) is 0 Å². The van der Waals surface area contributed by atoms with Crippen molar-refractivity contribution in [2.75, 3.05) is 5.73 Å². The Labute approximate surface area is 86.5 Å². The van der Waals surface area contributed by atoms with Gasteiger partial charge in [0.05, 0.1) is 0 Å². The number of rotatable bonds is 2. The number of carboxylic acids is 1. The minimum Gasteiger partial charge on any atom is -0.480 e. The SMILES string of the molecule is Nc1nnc(C2(C(=O)O)CCCCC2)o1. The number of aliphatic carboxylic acids is 1. The molecule has 2 rings (SSSR count). The molecule has 1 saturated carbocycles. The Hall–Kier alpha value is -1.59. The quantitative estimate of drug-likeness (QED) is 0.754. The topological polar surface area (TPSA) is 102 Å². The molecule has 15 heavy (non-hydrogen) atoms. The van der Waals surface area contributed by atoms with E-state index in [4.69, 9.17) is 10.2 Å². The lowest BCUT2D eigenvalue weighted by atomic mass is 9.74. The van der Waals surface area contributed by atoms with Gasteiger partial charge in [-0.3, -0.25) is 4.79 Å². The van der Waals surface area contributed by atoms with Crippen LogP contribution in [-0.2, 0) is 10.2 Å². The second-order valence-electron chi connectivity index (χ2n) is 3.89. The monoisotopic (exact) mass is 211 g/mol. The number of aromatic nitrogens is 2. The largest absolute Gasteiger partial charge is 0.480 e. The van der Waals surface area contributed by atoms with Crippen molar-refractivity contribution in [2.24, 2.45) is 0 Å². The molecule has 0 bridgehead atoms. The number of hydrogen-bond donors (Lipinski definition) is 2. The van der Waals surface area contributed by atoms with Crippen LogP contribution in [0.5, 0.6) is 0 Å². The number of carbonyl (C=O) groups is 1. The summed E-state index contributed by atoms with van der Waals surface area (Å²) in [5.74, 6) is -0.752. The molecule has 1 aromatic heterocycles. The number of hydrogen-bond acceptors (Lipinski definition) is 5. The fraction of sp³-hybridized carbons (Fsp3) is 0.667. The van der Waals surface area contributed by atoms with Crippen molar-refractivity contribution in [2.45, 2.75) is 37.5 Å². The second kappa shape index (κ2) is 3.52. The van der Waals surface area contributed by atoms with Crippen LogP contribution in [0, 0.1) is 0 Å². The summed E-state index contributed by atoms with van der Waals surface area (Å²) in [5.41, 5.74) is 4.30. The third-order valence-corrected chi connectivity index (χ3v) is 2.97. The smallest absolute Gasteiger partial charge is 0.319 e. The average molecular weight is 211 g/mol. The van der Waals surface area contributed by atoms with Crippen LogP contribution in [0.25, 0.3) is 0 Å². The molecule has 0 atom stereocenters. The first kappa shape index (κ1) is 9.95. The maximum absolute atomic E-state index is 11.3. The minimum absolute atomic E-state index is 0.0730. The van der Waals surface area contributed by atoms with E-state index in [9.17, 15) is 9.90 Å². The summed E-state index contributed by atoms with van der Waals surface area (Å²) in [6.07, 6.45) is 3.88. The fourth-order valence-corrected chi connectivity index (χ4v) is 2.10. The molecule has 1 aromatic rings. The van der Waals surface area contributed by atoms with Crippen LogP contribution in [0.4, 0.5) is 6.01 Å². The molecule has 0 aliphatic heterocycles. The molecule has 1 fully saturated rings. The third-order valence-electron chi connectivity index (χ3n) is 2.97. The Bertz CT molecular complexity index is 368. The highest BCUT2D eigenvalue weighted by Crippen LogP contribution is 2.39. The zero-order valence-electron chi connectivity index (χ0n) is 8.27. The lowest BCUT2D eigenvalue weighted by Gasteiger charge is -2.29. The predicted molar refractivity (Wildman–Crippen MR) is 51.1 cm³/mol. The Kier molecular flexibility index (Phi) is 2.34. The van der Waals surface area contributed by atoms with Crippen LogP contribution in [-0.4, -0.2) is 21.3 Å². The third kappa shape index (κ3) is 1.55. The fourth-order valence-electron chi connectivity index (χ4n) is 2.10. The molecule has 1 aliphatic rings. The molecule has 0 amide bonds. The molecule has 0 saturated heterocycles. The summed E-state index contributed by atoms with van der Waals surface area (Å²) in [5, 5.41) is 16.5. The Balaban J connectivity index is 2.37.